The van der Waals surface area contributed by atoms with Crippen LogP contribution >= 0.6 is 0 Å². The van der Waals surface area contributed by atoms with Gasteiger partial charge in [0.1, 0.15) is 0 Å². The molecule has 0 bridgehead atoms. The Kier molecular flexibility index (Phi) is 4.21. The molecule has 0 aromatic heterocycles. The third kappa shape index (κ3) is 3.23. The van der Waals surface area contributed by atoms with Crippen LogP contribution in [0.25, 0.3) is 0 Å². The Hall–Kier alpha value is -1.01. The van der Waals surface area contributed by atoms with Gasteiger partial charge < -0.3 is 15.6 Å². The van der Waals surface area contributed by atoms with Gasteiger partial charge in [0.15, 0.2) is 6.29 Å². The molecule has 6 heteroatoms. The number of allylic oxidation sites excluding steroid dienone is 2. The van der Waals surface area contributed by atoms with Gasteiger partial charge in [-0.15, -0.1) is 0 Å². The summed E-state index contributed by atoms with van der Waals surface area (Å²) in [6.07, 6.45) is -3.43. The van der Waals surface area contributed by atoms with Crippen molar-refractivity contribution in [3.63, 3.8) is 0 Å². The molecule has 0 saturated heterocycles. The van der Waals surface area contributed by atoms with Gasteiger partial charge in [-0.05, 0) is 13.0 Å². The van der Waals surface area contributed by atoms with Crippen molar-refractivity contribution in [2.24, 2.45) is 17.6 Å². The second-order valence-corrected chi connectivity index (χ2v) is 3.97. The van der Waals surface area contributed by atoms with Gasteiger partial charge in [-0.3, -0.25) is 0 Å². The van der Waals surface area contributed by atoms with E-state index < -0.39 is 24.3 Å². The fraction of sp³-hybridized carbons (Fsp3) is 0.636. The van der Waals surface area contributed by atoms with Crippen LogP contribution in [0.15, 0.2) is 23.4 Å². The Labute approximate surface area is 97.7 Å². The third-order valence-corrected chi connectivity index (χ3v) is 2.76. The summed E-state index contributed by atoms with van der Waals surface area (Å²) < 4.78 is 43.1. The van der Waals surface area contributed by atoms with Crippen molar-refractivity contribution in [1.82, 2.24) is 0 Å². The summed E-state index contributed by atoms with van der Waals surface area (Å²) in [6, 6.07) is 0. The summed E-state index contributed by atoms with van der Waals surface area (Å²) in [7, 11) is 0. The summed E-state index contributed by atoms with van der Waals surface area (Å²) in [5.74, 6) is -2.51. The number of nitrogens with two attached hydrogens (primary N) is 1. The molecule has 0 saturated carbocycles. The first-order valence-corrected chi connectivity index (χ1v) is 5.32. The number of rotatable bonds is 3. The number of halogens is 3. The molecule has 0 amide bonds. The topological polar surface area (TPSA) is 55.5 Å². The predicted octanol–water partition coefficient (Wildman–Crippen LogP) is 1.94. The largest absolute Gasteiger partial charge is 0.402 e. The summed E-state index contributed by atoms with van der Waals surface area (Å²) in [5.41, 5.74) is 5.70. The van der Waals surface area contributed by atoms with Gasteiger partial charge in [0.2, 0.25) is 0 Å². The van der Waals surface area contributed by atoms with Crippen LogP contribution in [0, 0.1) is 11.8 Å². The molecule has 3 nitrogen and oxygen atoms in total. The zero-order valence-electron chi connectivity index (χ0n) is 9.66. The number of hydrogen-bond donors (Lipinski definition) is 2. The average Bonchev–Trinajstić information content (AvgIpc) is 2.20. The minimum Gasteiger partial charge on any atom is -0.402 e. The lowest BCUT2D eigenvalue weighted by Gasteiger charge is -2.29. The molecule has 1 rings (SSSR count). The lowest BCUT2D eigenvalue weighted by molar-refractivity contribution is -0.170. The van der Waals surface area contributed by atoms with Crippen LogP contribution in [-0.2, 0) is 4.74 Å². The second kappa shape index (κ2) is 5.10. The van der Waals surface area contributed by atoms with E-state index in [1.807, 2.05) is 0 Å². The van der Waals surface area contributed by atoms with E-state index in [1.54, 1.807) is 6.92 Å². The Bertz CT molecular complexity index is 336. The van der Waals surface area contributed by atoms with Crippen molar-refractivity contribution < 1.29 is 23.0 Å². The quantitative estimate of drug-likeness (QED) is 0.754. The highest BCUT2D eigenvalue weighted by Crippen LogP contribution is 2.39. The van der Waals surface area contributed by atoms with E-state index in [9.17, 15) is 18.3 Å². The highest BCUT2D eigenvalue weighted by molar-refractivity contribution is 5.32. The molecule has 1 aliphatic rings. The molecule has 0 heterocycles. The van der Waals surface area contributed by atoms with Gasteiger partial charge in [-0.1, -0.05) is 13.0 Å². The fourth-order valence-corrected chi connectivity index (χ4v) is 1.72. The maximum atomic E-state index is 12.7. The molecule has 17 heavy (non-hydrogen) atoms. The van der Waals surface area contributed by atoms with Gasteiger partial charge in [0, 0.05) is 23.8 Å². The van der Waals surface area contributed by atoms with Gasteiger partial charge in [0.05, 0.1) is 5.92 Å². The monoisotopic (exact) mass is 251 g/mol. The zero-order valence-corrected chi connectivity index (χ0v) is 9.66. The van der Waals surface area contributed by atoms with E-state index in [1.165, 1.54) is 13.0 Å². The van der Waals surface area contributed by atoms with Crippen molar-refractivity contribution in [1.29, 1.82) is 0 Å². The van der Waals surface area contributed by atoms with Gasteiger partial charge in [-0.2, -0.15) is 13.2 Å². The van der Waals surface area contributed by atoms with Crippen molar-refractivity contribution in [2.75, 3.05) is 6.61 Å². The van der Waals surface area contributed by atoms with E-state index in [-0.39, 0.29) is 17.9 Å². The SMILES string of the molecule is CCOC(O)C1=CC(C(F)(F)F)C(C)C(N)=C1. The van der Waals surface area contributed by atoms with E-state index >= 15 is 0 Å². The maximum absolute atomic E-state index is 12.7. The van der Waals surface area contributed by atoms with Crippen LogP contribution in [0.1, 0.15) is 13.8 Å². The summed E-state index contributed by atoms with van der Waals surface area (Å²) >= 11 is 0. The van der Waals surface area contributed by atoms with Gasteiger partial charge in [-0.25, -0.2) is 0 Å². The maximum Gasteiger partial charge on any atom is 0.395 e. The van der Waals surface area contributed by atoms with Crippen LogP contribution in [0.2, 0.25) is 0 Å². The molecule has 0 fully saturated rings. The Morgan fingerprint density at radius 2 is 2.12 bits per heavy atom. The van der Waals surface area contributed by atoms with Crippen LogP contribution in [-0.4, -0.2) is 24.2 Å². The lowest BCUT2D eigenvalue weighted by atomic mass is 9.84. The number of aliphatic hydroxyl groups is 1. The number of alkyl halides is 3. The number of ether oxygens (including phenoxy) is 1. The third-order valence-electron chi connectivity index (χ3n) is 2.76. The molecule has 0 aromatic carbocycles. The Morgan fingerprint density at radius 1 is 1.53 bits per heavy atom. The Balaban J connectivity index is 2.99. The first kappa shape index (κ1) is 14.1. The van der Waals surface area contributed by atoms with E-state index in [2.05, 4.69) is 0 Å². The molecule has 0 aromatic rings. The minimum absolute atomic E-state index is 0.0600. The second-order valence-electron chi connectivity index (χ2n) is 3.97. The highest BCUT2D eigenvalue weighted by atomic mass is 19.4. The van der Waals surface area contributed by atoms with Crippen molar-refractivity contribution >= 4 is 0 Å². The molecule has 0 aliphatic heterocycles. The molecule has 3 atom stereocenters. The summed E-state index contributed by atoms with van der Waals surface area (Å²) in [6.45, 7) is 3.26. The first-order chi connectivity index (χ1) is 7.77. The summed E-state index contributed by atoms with van der Waals surface area (Å²) in [5, 5.41) is 9.50. The van der Waals surface area contributed by atoms with Gasteiger partial charge in [0.25, 0.3) is 0 Å². The van der Waals surface area contributed by atoms with E-state index in [4.69, 9.17) is 10.5 Å². The molecular weight excluding hydrogens is 235 g/mol. The fourth-order valence-electron chi connectivity index (χ4n) is 1.72. The van der Waals surface area contributed by atoms with Crippen LogP contribution in [0.3, 0.4) is 0 Å². The first-order valence-electron chi connectivity index (χ1n) is 5.32. The standard InChI is InChI=1S/C11H16F3NO2/c1-3-17-10(16)7-4-8(11(12,13)14)6(2)9(15)5-7/h4-6,8,10,16H,3,15H2,1-2H3. The average molecular weight is 251 g/mol. The number of aliphatic hydroxyl groups excluding tert-OH is 1. The van der Waals surface area contributed by atoms with Crippen LogP contribution < -0.4 is 5.73 Å². The number of hydrogen-bond acceptors (Lipinski definition) is 3. The molecule has 98 valence electrons. The molecule has 0 radical (unpaired) electrons. The van der Waals surface area contributed by atoms with E-state index in [0.717, 1.165) is 6.08 Å². The zero-order chi connectivity index (χ0) is 13.2. The molecule has 0 spiro atoms. The van der Waals surface area contributed by atoms with E-state index in [0.29, 0.717) is 0 Å². The summed E-state index contributed by atoms with van der Waals surface area (Å²) in [4.78, 5) is 0. The normalized spacial score (nSPS) is 27.4. The predicted molar refractivity (Wildman–Crippen MR) is 56.7 cm³/mol. The smallest absolute Gasteiger partial charge is 0.395 e. The molecule has 3 N–H and O–H groups in total. The van der Waals surface area contributed by atoms with Crippen LogP contribution in [0.5, 0.6) is 0 Å². The van der Waals surface area contributed by atoms with Crippen LogP contribution in [0.4, 0.5) is 13.2 Å². The van der Waals surface area contributed by atoms with Crippen molar-refractivity contribution in [3.8, 4) is 0 Å². The van der Waals surface area contributed by atoms with Crippen molar-refractivity contribution in [3.05, 3.63) is 23.4 Å². The minimum atomic E-state index is -4.38. The molecule has 3 unspecified atom stereocenters. The lowest BCUT2D eigenvalue weighted by Crippen LogP contribution is -2.34. The van der Waals surface area contributed by atoms with Crippen molar-refractivity contribution in [2.45, 2.75) is 26.3 Å². The highest BCUT2D eigenvalue weighted by Gasteiger charge is 2.44. The molecule has 1 aliphatic carbocycles. The Morgan fingerprint density at radius 3 is 2.59 bits per heavy atom. The van der Waals surface area contributed by atoms with Gasteiger partial charge >= 0.3 is 6.18 Å². The molecular formula is C11H16F3NO2.